The molecule has 0 spiro atoms. The van der Waals surface area contributed by atoms with Crippen molar-refractivity contribution in [3.63, 3.8) is 0 Å². The van der Waals surface area contributed by atoms with Crippen LogP contribution in [0.2, 0.25) is 0 Å². The number of anilines is 1. The second kappa shape index (κ2) is 9.02. The number of nitrogens with two attached hydrogens (primary N) is 1. The van der Waals surface area contributed by atoms with Crippen molar-refractivity contribution in [1.29, 1.82) is 0 Å². The Balaban J connectivity index is 1.37. The number of fused-ring (bicyclic) bond motifs is 1. The molecule has 178 valence electrons. The molecule has 1 aliphatic carbocycles. The number of aromatic nitrogens is 4. The molecule has 34 heavy (non-hydrogen) atoms. The number of nitrogens with one attached hydrogen (secondary N) is 1. The minimum Gasteiger partial charge on any atom is -0.390 e. The lowest BCUT2D eigenvalue weighted by molar-refractivity contribution is 0.00777. The summed E-state index contributed by atoms with van der Waals surface area (Å²) in [5, 5.41) is 36.2. The quantitative estimate of drug-likeness (QED) is 0.291. The number of rotatable bonds is 7. The second-order valence-corrected chi connectivity index (χ2v) is 10.1. The summed E-state index contributed by atoms with van der Waals surface area (Å²) in [5.41, 5.74) is 3.11. The molecule has 0 saturated heterocycles. The van der Waals surface area contributed by atoms with Gasteiger partial charge < -0.3 is 15.5 Å². The van der Waals surface area contributed by atoms with Crippen LogP contribution in [0.3, 0.4) is 0 Å². The maximum absolute atomic E-state index is 11.1. The fraction of sp³-hybridized carbons (Fsp3) is 0.286. The van der Waals surface area contributed by atoms with E-state index in [0.29, 0.717) is 17.2 Å². The maximum Gasteiger partial charge on any atom is 0.333 e. The molecule has 1 aliphatic rings. The lowest BCUT2D eigenvalue weighted by atomic mass is 10.1. The van der Waals surface area contributed by atoms with Gasteiger partial charge in [-0.15, -0.1) is 11.3 Å². The Labute approximate surface area is 199 Å². The third kappa shape index (κ3) is 4.66. The zero-order valence-corrected chi connectivity index (χ0v) is 19.4. The number of aliphatic hydroxyl groups excluding tert-OH is 2. The molecule has 4 atom stereocenters. The molecular formula is C21H22N6O5S2. The average Bonchev–Trinajstić information content (AvgIpc) is 3.53. The van der Waals surface area contributed by atoms with Crippen molar-refractivity contribution in [2.45, 2.75) is 24.7 Å². The Morgan fingerprint density at radius 3 is 2.74 bits per heavy atom. The van der Waals surface area contributed by atoms with E-state index in [9.17, 15) is 18.6 Å². The maximum atomic E-state index is 11.1. The van der Waals surface area contributed by atoms with Crippen LogP contribution in [0.5, 0.6) is 0 Å². The molecule has 13 heteroatoms. The Kier molecular flexibility index (Phi) is 6.06. The van der Waals surface area contributed by atoms with Crippen molar-refractivity contribution in [2.24, 2.45) is 11.1 Å². The molecule has 5 rings (SSSR count). The Bertz CT molecular complexity index is 1410. The summed E-state index contributed by atoms with van der Waals surface area (Å²) in [6.07, 6.45) is -0.432. The van der Waals surface area contributed by atoms with Crippen LogP contribution in [0.25, 0.3) is 27.6 Å². The molecule has 1 fully saturated rings. The van der Waals surface area contributed by atoms with E-state index in [4.69, 9.17) is 10.1 Å². The van der Waals surface area contributed by atoms with Crippen molar-refractivity contribution in [3.05, 3.63) is 54.0 Å². The lowest BCUT2D eigenvalue weighted by Crippen LogP contribution is -2.36. The first kappa shape index (κ1) is 22.8. The number of thiazole rings is 1. The van der Waals surface area contributed by atoms with E-state index < -0.39 is 34.5 Å². The zero-order chi connectivity index (χ0) is 23.9. The molecule has 4 aromatic rings. The first-order valence-electron chi connectivity index (χ1n) is 10.4. The predicted molar refractivity (Wildman–Crippen MR) is 126 cm³/mol. The highest BCUT2D eigenvalue weighted by Gasteiger charge is 2.42. The van der Waals surface area contributed by atoms with E-state index in [1.807, 2.05) is 41.8 Å². The van der Waals surface area contributed by atoms with E-state index in [1.165, 1.54) is 11.3 Å². The Morgan fingerprint density at radius 1 is 1.18 bits per heavy atom. The number of aliphatic hydroxyl groups is 2. The van der Waals surface area contributed by atoms with Crippen LogP contribution in [-0.4, -0.2) is 63.1 Å². The summed E-state index contributed by atoms with van der Waals surface area (Å²) in [5.74, 6) is -0.0524. The van der Waals surface area contributed by atoms with Gasteiger partial charge in [-0.2, -0.15) is 18.0 Å². The first-order chi connectivity index (χ1) is 16.3. The largest absolute Gasteiger partial charge is 0.390 e. The molecule has 0 bridgehead atoms. The van der Waals surface area contributed by atoms with Gasteiger partial charge in [0.05, 0.1) is 24.4 Å². The summed E-state index contributed by atoms with van der Waals surface area (Å²) in [6.45, 7) is -0.319. The molecule has 0 radical (unpaired) electrons. The van der Waals surface area contributed by atoms with Crippen molar-refractivity contribution < 1.29 is 22.8 Å². The van der Waals surface area contributed by atoms with Crippen LogP contribution < -0.4 is 10.5 Å². The average molecular weight is 503 g/mol. The SMILES string of the molecule is NS(=O)(=O)OCC1CC(Nc2ccnc3cc(-c4nc(-c5ccccc5)cs4)nn23)C(O)C1O. The van der Waals surface area contributed by atoms with Crippen LogP contribution in [-0.2, 0) is 14.5 Å². The highest BCUT2D eigenvalue weighted by molar-refractivity contribution is 7.84. The van der Waals surface area contributed by atoms with Gasteiger partial charge in [-0.25, -0.2) is 15.1 Å². The molecular weight excluding hydrogens is 480 g/mol. The molecule has 3 aromatic heterocycles. The van der Waals surface area contributed by atoms with Crippen LogP contribution in [0, 0.1) is 5.92 Å². The van der Waals surface area contributed by atoms with Gasteiger partial charge in [-0.3, -0.25) is 4.18 Å². The van der Waals surface area contributed by atoms with Crippen molar-refractivity contribution in [3.8, 4) is 22.0 Å². The van der Waals surface area contributed by atoms with Gasteiger partial charge >= 0.3 is 10.3 Å². The van der Waals surface area contributed by atoms with E-state index in [-0.39, 0.29) is 13.0 Å². The first-order valence-corrected chi connectivity index (χ1v) is 12.8. The minimum atomic E-state index is -4.14. The van der Waals surface area contributed by atoms with Gasteiger partial charge in [-0.1, -0.05) is 30.3 Å². The van der Waals surface area contributed by atoms with Crippen LogP contribution >= 0.6 is 11.3 Å². The van der Waals surface area contributed by atoms with Crippen LogP contribution in [0.1, 0.15) is 6.42 Å². The third-order valence-corrected chi connectivity index (χ3v) is 7.06. The van der Waals surface area contributed by atoms with Crippen molar-refractivity contribution >= 4 is 33.1 Å². The van der Waals surface area contributed by atoms with Gasteiger partial charge in [0, 0.05) is 29.1 Å². The molecule has 0 amide bonds. The molecule has 0 aliphatic heterocycles. The number of benzene rings is 1. The fourth-order valence-electron chi connectivity index (χ4n) is 4.05. The normalized spacial score (nSPS) is 22.9. The van der Waals surface area contributed by atoms with Crippen molar-refractivity contribution in [1.82, 2.24) is 19.6 Å². The molecule has 3 heterocycles. The topological polar surface area (TPSA) is 165 Å². The molecule has 4 unspecified atom stereocenters. The van der Waals surface area contributed by atoms with E-state index in [1.54, 1.807) is 16.8 Å². The number of hydrogen-bond acceptors (Lipinski definition) is 10. The van der Waals surface area contributed by atoms with E-state index in [0.717, 1.165) is 16.3 Å². The fourth-order valence-corrected chi connectivity index (χ4v) is 5.20. The Hall–Kier alpha value is -2.94. The van der Waals surface area contributed by atoms with Gasteiger partial charge in [0.15, 0.2) is 5.65 Å². The Morgan fingerprint density at radius 2 is 1.97 bits per heavy atom. The zero-order valence-electron chi connectivity index (χ0n) is 17.7. The standard InChI is InChI=1S/C21H22N6O5S2/c22-34(30,31)32-10-13-8-14(20(29)19(13)28)24-17-6-7-23-18-9-15(26-27(17)18)21-25-16(11-33-21)12-4-2-1-3-5-12/h1-7,9,11,13-14,19-20,24,28-29H,8,10H2,(H2,22,30,31). The molecule has 5 N–H and O–H groups in total. The van der Waals surface area contributed by atoms with Crippen LogP contribution in [0.15, 0.2) is 54.0 Å². The summed E-state index contributed by atoms with van der Waals surface area (Å²) in [4.78, 5) is 9.06. The van der Waals surface area contributed by atoms with Gasteiger partial charge in [-0.05, 0) is 12.5 Å². The number of hydrogen-bond donors (Lipinski definition) is 4. The summed E-state index contributed by atoms with van der Waals surface area (Å²) in [7, 11) is -4.14. The van der Waals surface area contributed by atoms with Gasteiger partial charge in [0.2, 0.25) is 0 Å². The smallest absolute Gasteiger partial charge is 0.333 e. The van der Waals surface area contributed by atoms with Crippen LogP contribution in [0.4, 0.5) is 5.82 Å². The monoisotopic (exact) mass is 502 g/mol. The lowest BCUT2D eigenvalue weighted by Gasteiger charge is -2.19. The van der Waals surface area contributed by atoms with Crippen molar-refractivity contribution in [2.75, 3.05) is 11.9 Å². The van der Waals surface area contributed by atoms with Gasteiger partial charge in [0.1, 0.15) is 22.6 Å². The highest BCUT2D eigenvalue weighted by atomic mass is 32.2. The third-order valence-electron chi connectivity index (χ3n) is 5.73. The summed E-state index contributed by atoms with van der Waals surface area (Å²) >= 11 is 1.48. The highest BCUT2D eigenvalue weighted by Crippen LogP contribution is 2.31. The minimum absolute atomic E-state index is 0.267. The van der Waals surface area contributed by atoms with E-state index >= 15 is 0 Å². The van der Waals surface area contributed by atoms with Gasteiger partial charge in [0.25, 0.3) is 0 Å². The molecule has 1 aromatic carbocycles. The summed E-state index contributed by atoms with van der Waals surface area (Å²) in [6, 6.07) is 12.8. The van der Waals surface area contributed by atoms with E-state index in [2.05, 4.69) is 19.6 Å². The second-order valence-electron chi connectivity index (χ2n) is 8.04. The number of nitrogens with zero attached hydrogens (tertiary/aromatic N) is 4. The summed E-state index contributed by atoms with van der Waals surface area (Å²) < 4.78 is 28.3. The molecule has 11 nitrogen and oxygen atoms in total. The predicted octanol–water partition coefficient (Wildman–Crippen LogP) is 1.26. The molecule has 1 saturated carbocycles.